The van der Waals surface area contributed by atoms with Crippen LogP contribution < -0.4 is 11.1 Å². The molecular weight excluding hydrogens is 160 g/mol. The molecule has 0 aliphatic carbocycles. The van der Waals surface area contributed by atoms with E-state index in [9.17, 15) is 9.59 Å². The summed E-state index contributed by atoms with van der Waals surface area (Å²) in [4.78, 5) is 21.2. The fraction of sp³-hybridized carbons (Fsp3) is 0.429. The molecule has 1 heterocycles. The van der Waals surface area contributed by atoms with Crippen LogP contribution in [-0.4, -0.2) is 18.6 Å². The molecule has 0 atom stereocenters. The summed E-state index contributed by atoms with van der Waals surface area (Å²) in [5.74, 6) is -0.380. The summed E-state index contributed by atoms with van der Waals surface area (Å²) >= 11 is 0. The quantitative estimate of drug-likeness (QED) is 0.425. The van der Waals surface area contributed by atoms with Crippen molar-refractivity contribution in [2.75, 3.05) is 6.61 Å². The molecule has 1 saturated heterocycles. The Bertz CT molecular complexity index is 235. The zero-order valence-electron chi connectivity index (χ0n) is 6.50. The van der Waals surface area contributed by atoms with Crippen molar-refractivity contribution in [3.63, 3.8) is 0 Å². The molecule has 66 valence electrons. The van der Waals surface area contributed by atoms with Crippen LogP contribution in [0, 0.1) is 0 Å². The molecular formula is C7H10N2O3. The average Bonchev–Trinajstić information content (AvgIpc) is 2.03. The second kappa shape index (κ2) is 3.75. The minimum Gasteiger partial charge on any atom is -0.462 e. The number of esters is 1. The van der Waals surface area contributed by atoms with Gasteiger partial charge in [-0.2, -0.15) is 0 Å². The van der Waals surface area contributed by atoms with Gasteiger partial charge < -0.3 is 15.8 Å². The van der Waals surface area contributed by atoms with E-state index in [4.69, 9.17) is 10.5 Å². The molecule has 0 bridgehead atoms. The molecule has 1 fully saturated rings. The van der Waals surface area contributed by atoms with Gasteiger partial charge in [-0.3, -0.25) is 0 Å². The number of nitrogens with one attached hydrogen (secondary N) is 1. The maximum atomic E-state index is 10.9. The monoisotopic (exact) mass is 170 g/mol. The average molecular weight is 170 g/mol. The third-order valence-corrected chi connectivity index (χ3v) is 1.47. The van der Waals surface area contributed by atoms with Gasteiger partial charge in [-0.25, -0.2) is 9.59 Å². The summed E-state index contributed by atoms with van der Waals surface area (Å²) in [6, 6.07) is -0.680. The van der Waals surface area contributed by atoms with Crippen molar-refractivity contribution in [3.05, 3.63) is 11.8 Å². The van der Waals surface area contributed by atoms with Gasteiger partial charge in [0.1, 0.15) is 0 Å². The van der Waals surface area contributed by atoms with Gasteiger partial charge >= 0.3 is 12.0 Å². The fourth-order valence-electron chi connectivity index (χ4n) is 0.912. The maximum Gasteiger partial charge on any atom is 0.335 e. The van der Waals surface area contributed by atoms with E-state index in [2.05, 4.69) is 5.32 Å². The molecule has 0 aromatic rings. The third-order valence-electron chi connectivity index (χ3n) is 1.47. The molecule has 12 heavy (non-hydrogen) atoms. The van der Waals surface area contributed by atoms with E-state index in [-0.39, 0.29) is 5.97 Å². The maximum absolute atomic E-state index is 10.9. The number of ether oxygens (including phenoxy) is 1. The summed E-state index contributed by atoms with van der Waals surface area (Å²) in [7, 11) is 0. The Morgan fingerprint density at radius 1 is 1.67 bits per heavy atom. The van der Waals surface area contributed by atoms with Crippen LogP contribution >= 0.6 is 0 Å². The van der Waals surface area contributed by atoms with Crippen molar-refractivity contribution in [1.29, 1.82) is 0 Å². The highest BCUT2D eigenvalue weighted by Crippen LogP contribution is 2.12. The lowest BCUT2D eigenvalue weighted by Crippen LogP contribution is -2.26. The minimum atomic E-state index is -0.680. The molecule has 5 heteroatoms. The second-order valence-electron chi connectivity index (χ2n) is 2.42. The van der Waals surface area contributed by atoms with Crippen LogP contribution in [0.4, 0.5) is 4.79 Å². The number of nitrogens with two attached hydrogens (primary N) is 1. The van der Waals surface area contributed by atoms with Gasteiger partial charge in [-0.15, -0.1) is 0 Å². The van der Waals surface area contributed by atoms with Gasteiger partial charge in [0.05, 0.1) is 12.2 Å². The van der Waals surface area contributed by atoms with Gasteiger partial charge in [0.15, 0.2) is 0 Å². The van der Waals surface area contributed by atoms with Crippen molar-refractivity contribution in [3.8, 4) is 0 Å². The highest BCUT2D eigenvalue weighted by molar-refractivity contribution is 5.89. The van der Waals surface area contributed by atoms with Gasteiger partial charge in [0.2, 0.25) is 0 Å². The number of hydrogen-bond acceptors (Lipinski definition) is 3. The summed E-state index contributed by atoms with van der Waals surface area (Å²) in [5.41, 5.74) is 5.27. The first kappa shape index (κ1) is 8.58. The molecule has 0 spiro atoms. The molecule has 0 unspecified atom stereocenters. The minimum absolute atomic E-state index is 0.380. The van der Waals surface area contributed by atoms with Gasteiger partial charge in [0.25, 0.3) is 0 Å². The number of carbonyl (C=O) groups is 2. The highest BCUT2D eigenvalue weighted by Gasteiger charge is 2.15. The summed E-state index contributed by atoms with van der Waals surface area (Å²) in [5, 5.41) is 2.22. The smallest absolute Gasteiger partial charge is 0.335 e. The Labute approximate surface area is 69.6 Å². The first-order chi connectivity index (χ1) is 5.70. The number of rotatable bonds is 1. The van der Waals surface area contributed by atoms with E-state index < -0.39 is 6.03 Å². The molecule has 0 aromatic heterocycles. The molecule has 1 aliphatic heterocycles. The van der Waals surface area contributed by atoms with E-state index in [1.54, 1.807) is 0 Å². The van der Waals surface area contributed by atoms with Crippen LogP contribution in [0.2, 0.25) is 0 Å². The van der Waals surface area contributed by atoms with E-state index in [0.717, 1.165) is 6.42 Å². The summed E-state index contributed by atoms with van der Waals surface area (Å²) in [6.45, 7) is 0.451. The zero-order valence-corrected chi connectivity index (χ0v) is 6.50. The molecule has 0 radical (unpaired) electrons. The van der Waals surface area contributed by atoms with Crippen LogP contribution in [-0.2, 0) is 9.53 Å². The number of urea groups is 1. The summed E-state index contributed by atoms with van der Waals surface area (Å²) in [6.07, 6.45) is 2.71. The number of cyclic esters (lactones) is 1. The van der Waals surface area contributed by atoms with Crippen molar-refractivity contribution >= 4 is 12.0 Å². The first-order valence-corrected chi connectivity index (χ1v) is 3.62. The van der Waals surface area contributed by atoms with Crippen LogP contribution in [0.1, 0.15) is 12.8 Å². The largest absolute Gasteiger partial charge is 0.462 e. The van der Waals surface area contributed by atoms with Crippen LogP contribution in [0.15, 0.2) is 11.8 Å². The van der Waals surface area contributed by atoms with Crippen LogP contribution in [0.25, 0.3) is 0 Å². The number of hydrogen-bond donors (Lipinski definition) is 2. The lowest BCUT2D eigenvalue weighted by molar-refractivity contribution is -0.141. The van der Waals surface area contributed by atoms with Gasteiger partial charge in [0, 0.05) is 6.20 Å². The molecule has 1 aliphatic rings. The van der Waals surface area contributed by atoms with Crippen molar-refractivity contribution in [2.45, 2.75) is 12.8 Å². The lowest BCUT2D eigenvalue weighted by atomic mass is 10.1. The molecule has 0 saturated carbocycles. The number of carbonyl (C=O) groups excluding carboxylic acids is 2. The molecule has 3 N–H and O–H groups in total. The predicted octanol–water partition coefficient (Wildman–Crippen LogP) is -0.124. The van der Waals surface area contributed by atoms with E-state index in [0.29, 0.717) is 18.6 Å². The van der Waals surface area contributed by atoms with Gasteiger partial charge in [-0.1, -0.05) is 0 Å². The third kappa shape index (κ3) is 2.26. The van der Waals surface area contributed by atoms with Crippen molar-refractivity contribution in [2.24, 2.45) is 5.73 Å². The molecule has 0 aromatic carbocycles. The Morgan fingerprint density at radius 2 is 2.42 bits per heavy atom. The van der Waals surface area contributed by atoms with Gasteiger partial charge in [-0.05, 0) is 12.8 Å². The first-order valence-electron chi connectivity index (χ1n) is 3.62. The zero-order chi connectivity index (χ0) is 8.97. The second-order valence-corrected chi connectivity index (χ2v) is 2.42. The topological polar surface area (TPSA) is 81.4 Å². The van der Waals surface area contributed by atoms with Crippen LogP contribution in [0.3, 0.4) is 0 Å². The standard InChI is InChI=1S/C7H10N2O3/c8-7(11)9-4-5-2-1-3-12-6(5)10/h4H,1-3H2,(H3,8,9,11)/b5-4-. The highest BCUT2D eigenvalue weighted by atomic mass is 16.5. The SMILES string of the molecule is NC(=O)N/C=C1/CCCOC1=O. The summed E-state index contributed by atoms with van der Waals surface area (Å²) < 4.78 is 4.72. The number of amides is 2. The molecule has 2 amide bonds. The van der Waals surface area contributed by atoms with Crippen molar-refractivity contribution in [1.82, 2.24) is 5.32 Å². The Hall–Kier alpha value is -1.52. The Kier molecular flexibility index (Phi) is 2.68. The van der Waals surface area contributed by atoms with E-state index in [1.807, 2.05) is 0 Å². The normalized spacial score (nSPS) is 20.3. The Morgan fingerprint density at radius 3 is 3.00 bits per heavy atom. The van der Waals surface area contributed by atoms with Crippen molar-refractivity contribution < 1.29 is 14.3 Å². The lowest BCUT2D eigenvalue weighted by Gasteiger charge is -2.13. The number of primary amides is 1. The van der Waals surface area contributed by atoms with E-state index >= 15 is 0 Å². The molecule has 5 nitrogen and oxygen atoms in total. The predicted molar refractivity (Wildman–Crippen MR) is 41.0 cm³/mol. The Balaban J connectivity index is 2.53. The van der Waals surface area contributed by atoms with Crippen LogP contribution in [0.5, 0.6) is 0 Å². The fourth-order valence-corrected chi connectivity index (χ4v) is 0.912. The van der Waals surface area contributed by atoms with E-state index in [1.165, 1.54) is 6.20 Å². The molecule has 1 rings (SSSR count).